The van der Waals surface area contributed by atoms with Gasteiger partial charge in [0.15, 0.2) is 17.4 Å². The van der Waals surface area contributed by atoms with Crippen LogP contribution in [0.5, 0.6) is 0 Å². The fraction of sp³-hybridized carbons (Fsp3) is 0.929. The molecule has 3 fully saturated rings. The molecule has 4 aliphatic carbocycles. The zero-order chi connectivity index (χ0) is 34.2. The summed E-state index contributed by atoms with van der Waals surface area (Å²) in [6, 6.07) is 1.31. The van der Waals surface area contributed by atoms with E-state index in [4.69, 9.17) is 8.85 Å². The van der Waals surface area contributed by atoms with Crippen LogP contribution in [0.2, 0.25) is 32.2 Å². The largest absolute Gasteiger partial charge is 0.462 e. The van der Waals surface area contributed by atoms with Crippen molar-refractivity contribution in [1.29, 1.82) is 0 Å². The lowest BCUT2D eigenvalue weighted by Gasteiger charge is -2.58. The topological polar surface area (TPSA) is 35.5 Å². The number of hydrogen-bond acceptors (Lipinski definition) is 3. The highest BCUT2D eigenvalue weighted by Crippen LogP contribution is 2.67. The maximum atomic E-state index is 12.8. The lowest BCUT2D eigenvalue weighted by atomic mass is 9.47. The molecule has 47 heavy (non-hydrogen) atoms. The van der Waals surface area contributed by atoms with E-state index in [2.05, 4.69) is 66.9 Å². The minimum atomic E-state index is -1.42. The van der Waals surface area contributed by atoms with Crippen molar-refractivity contribution in [3.05, 3.63) is 11.6 Å². The van der Waals surface area contributed by atoms with Crippen LogP contribution in [0.4, 0.5) is 0 Å². The highest BCUT2D eigenvalue weighted by molar-refractivity contribution is 6.77. The third-order valence-corrected chi connectivity index (χ3v) is 19.3. The van der Waals surface area contributed by atoms with E-state index in [1.165, 1.54) is 102 Å². The van der Waals surface area contributed by atoms with E-state index < -0.39 is 17.4 Å². The molecule has 4 aliphatic rings. The molecule has 0 aromatic rings. The molecular formula is C42H77O3Si2. The molecule has 0 aromatic carbocycles. The average Bonchev–Trinajstić information content (AvgIpc) is 3.34. The van der Waals surface area contributed by atoms with E-state index in [0.29, 0.717) is 17.3 Å². The zero-order valence-electron chi connectivity index (χ0n) is 32.7. The summed E-state index contributed by atoms with van der Waals surface area (Å²) in [5, 5.41) is 0. The number of unbranched alkanes of at least 4 members (excludes halogenated alkanes) is 7. The molecular weight excluding hydrogens is 609 g/mol. The van der Waals surface area contributed by atoms with Gasteiger partial charge in [-0.1, -0.05) is 110 Å². The van der Waals surface area contributed by atoms with Crippen LogP contribution in [0.25, 0.3) is 0 Å². The average molecular weight is 686 g/mol. The molecule has 0 N–H and O–H groups in total. The van der Waals surface area contributed by atoms with Gasteiger partial charge in [0.1, 0.15) is 6.10 Å². The molecule has 271 valence electrons. The highest BCUT2D eigenvalue weighted by Gasteiger charge is 2.59. The summed E-state index contributed by atoms with van der Waals surface area (Å²) in [6.45, 7) is 21.9. The Balaban J connectivity index is 1.14. The summed E-state index contributed by atoms with van der Waals surface area (Å²) in [6.07, 6.45) is 28.0. The van der Waals surface area contributed by atoms with Crippen LogP contribution in [0.15, 0.2) is 11.6 Å². The van der Waals surface area contributed by atoms with Gasteiger partial charge in [0, 0.05) is 12.8 Å². The Labute approximate surface area is 295 Å². The van der Waals surface area contributed by atoms with Crippen molar-refractivity contribution in [2.75, 3.05) is 0 Å². The molecule has 3 saturated carbocycles. The van der Waals surface area contributed by atoms with Gasteiger partial charge < -0.3 is 8.85 Å². The Morgan fingerprint density at radius 2 is 1.55 bits per heavy atom. The van der Waals surface area contributed by atoms with Crippen molar-refractivity contribution in [2.45, 2.75) is 201 Å². The molecule has 0 saturated heterocycles. The predicted molar refractivity (Wildman–Crippen MR) is 205 cm³/mol. The lowest BCUT2D eigenvalue weighted by Crippen LogP contribution is -2.51. The minimum Gasteiger partial charge on any atom is -0.462 e. The van der Waals surface area contributed by atoms with E-state index in [1.54, 1.807) is 5.57 Å². The number of fused-ring (bicyclic) bond motifs is 5. The van der Waals surface area contributed by atoms with Crippen LogP contribution in [-0.4, -0.2) is 29.4 Å². The van der Waals surface area contributed by atoms with Crippen LogP contribution >= 0.6 is 0 Å². The van der Waals surface area contributed by atoms with Crippen molar-refractivity contribution in [3.8, 4) is 0 Å². The Morgan fingerprint density at radius 3 is 2.23 bits per heavy atom. The fourth-order valence-electron chi connectivity index (χ4n) is 11.5. The van der Waals surface area contributed by atoms with Gasteiger partial charge in [-0.25, -0.2) is 0 Å². The number of hydrogen-bond donors (Lipinski definition) is 0. The number of allylic oxidation sites excluding steroid dienone is 1. The fourth-order valence-corrected chi connectivity index (χ4v) is 17.4. The van der Waals surface area contributed by atoms with E-state index in [-0.39, 0.29) is 12.1 Å². The molecule has 0 heterocycles. The first-order valence-corrected chi connectivity index (χ1v) is 26.2. The van der Waals surface area contributed by atoms with Crippen molar-refractivity contribution in [1.82, 2.24) is 0 Å². The van der Waals surface area contributed by atoms with Crippen LogP contribution in [-0.2, 0) is 13.6 Å². The molecule has 0 aliphatic heterocycles. The van der Waals surface area contributed by atoms with Crippen molar-refractivity contribution >= 4 is 23.3 Å². The van der Waals surface area contributed by atoms with Gasteiger partial charge in [0.25, 0.3) is 0 Å². The normalized spacial score (nSPS) is 32.9. The second-order valence-corrected chi connectivity index (χ2v) is 25.4. The summed E-state index contributed by atoms with van der Waals surface area (Å²) in [4.78, 5) is 12.8. The van der Waals surface area contributed by atoms with Gasteiger partial charge in [0.05, 0.1) is 0 Å². The second kappa shape index (κ2) is 17.7. The van der Waals surface area contributed by atoms with E-state index in [1.807, 2.05) is 0 Å². The van der Waals surface area contributed by atoms with E-state index in [9.17, 15) is 4.79 Å². The molecule has 0 spiro atoms. The van der Waals surface area contributed by atoms with Crippen LogP contribution in [0.3, 0.4) is 0 Å². The Hall–Kier alpha value is -0.396. The van der Waals surface area contributed by atoms with Gasteiger partial charge in [-0.05, 0) is 130 Å². The maximum Gasteiger partial charge on any atom is 0.306 e. The molecule has 1 radical (unpaired) electrons. The first-order chi connectivity index (χ1) is 22.2. The minimum absolute atomic E-state index is 0.0541. The number of ether oxygens (including phenoxy) is 1. The molecule has 5 heteroatoms. The SMILES string of the molecule is CC(C)CCC[C@@H](C)[C@H]1CC[C@H]2[C@@H]3CC=C4C[C@@H](OC(=O)CCCCCCCCCC[Si](C)(C)O[Si](C)C)CC[C@]4(C)[C@H]3CC[C@]12C. The van der Waals surface area contributed by atoms with Crippen molar-refractivity contribution < 1.29 is 13.6 Å². The summed E-state index contributed by atoms with van der Waals surface area (Å²) < 4.78 is 12.4. The number of carbonyl (C=O) groups excluding carboxylic acids is 1. The van der Waals surface area contributed by atoms with Crippen LogP contribution in [0.1, 0.15) is 163 Å². The van der Waals surface area contributed by atoms with Crippen molar-refractivity contribution in [2.24, 2.45) is 46.3 Å². The Kier molecular flexibility index (Phi) is 14.8. The molecule has 3 nitrogen and oxygen atoms in total. The number of carbonyl (C=O) groups is 1. The molecule has 0 amide bonds. The first-order valence-electron chi connectivity index (χ1n) is 20.6. The van der Waals surface area contributed by atoms with Crippen molar-refractivity contribution in [3.63, 3.8) is 0 Å². The molecule has 0 bridgehead atoms. The maximum absolute atomic E-state index is 12.8. The lowest BCUT2D eigenvalue weighted by molar-refractivity contribution is -0.151. The highest BCUT2D eigenvalue weighted by atomic mass is 28.4. The zero-order valence-corrected chi connectivity index (χ0v) is 34.7. The van der Waals surface area contributed by atoms with Gasteiger partial charge in [-0.3, -0.25) is 4.79 Å². The quantitative estimate of drug-likeness (QED) is 0.0587. The van der Waals surface area contributed by atoms with E-state index in [0.717, 1.165) is 61.2 Å². The number of esters is 1. The summed E-state index contributed by atoms with van der Waals surface area (Å²) in [5.74, 6) is 5.30. The number of rotatable bonds is 19. The smallest absolute Gasteiger partial charge is 0.306 e. The molecule has 8 atom stereocenters. The second-order valence-electron chi connectivity index (χ2n) is 18.7. The Morgan fingerprint density at radius 1 is 0.872 bits per heavy atom. The van der Waals surface area contributed by atoms with E-state index >= 15 is 0 Å². The standard InChI is InChI=1S/C42H77O3Si2/c1-32(2)19-18-20-33(3)37-24-25-38-36-23-22-34-31-35(26-28-41(34,4)39(36)27-29-42(37,38)5)44-40(43)21-16-14-12-10-11-13-15-17-30-47(8,9)45-46(6)7/h22,32-33,35-39H,10-21,23-31H2,1-9H3/t33-,35+,36+,37-,38+,39+,41+,42-/m1/s1. The summed E-state index contributed by atoms with van der Waals surface area (Å²) >= 11 is 0. The summed E-state index contributed by atoms with van der Waals surface area (Å²) in [5.41, 5.74) is 2.52. The van der Waals surface area contributed by atoms with Gasteiger partial charge in [-0.2, -0.15) is 0 Å². The molecule has 0 unspecified atom stereocenters. The Bertz CT molecular complexity index is 1010. The predicted octanol–water partition coefficient (Wildman–Crippen LogP) is 12.9. The van der Waals surface area contributed by atoms with Gasteiger partial charge >= 0.3 is 5.97 Å². The molecule has 0 aromatic heterocycles. The first kappa shape index (κ1) is 39.4. The monoisotopic (exact) mass is 686 g/mol. The summed E-state index contributed by atoms with van der Waals surface area (Å²) in [7, 11) is -1.98. The molecule has 4 rings (SSSR count). The van der Waals surface area contributed by atoms with Crippen LogP contribution in [0, 0.1) is 46.3 Å². The third-order valence-electron chi connectivity index (χ3n) is 13.9. The van der Waals surface area contributed by atoms with Crippen LogP contribution < -0.4 is 0 Å². The third kappa shape index (κ3) is 10.6. The van der Waals surface area contributed by atoms with Gasteiger partial charge in [-0.15, -0.1) is 0 Å². The van der Waals surface area contributed by atoms with Gasteiger partial charge in [0.2, 0.25) is 0 Å².